The van der Waals surface area contributed by atoms with Gasteiger partial charge < -0.3 is 4.90 Å². The summed E-state index contributed by atoms with van der Waals surface area (Å²) in [7, 11) is 0. The summed E-state index contributed by atoms with van der Waals surface area (Å²) in [6.45, 7) is 0. The molecule has 3 aromatic rings. The molecule has 1 nitrogen and oxygen atoms in total. The Morgan fingerprint density at radius 1 is 0.731 bits per heavy atom. The van der Waals surface area contributed by atoms with Crippen LogP contribution in [0.5, 0.6) is 0 Å². The number of likely N-dealkylation sites (tertiary alicyclic amines) is 1. The van der Waals surface area contributed by atoms with Gasteiger partial charge in [-0.1, -0.05) is 139 Å². The SMILES string of the molecule is C1=CCCC(N2C3C=CC=C(C4CC=CC5C4SC4CCCC=C4C54c5ccccc5Sc5cc(-c6ccccc6)ccc54)C3C3C=CCCC32)=C1. The number of hydrogen-bond acceptors (Lipinski definition) is 3. The van der Waals surface area contributed by atoms with Crippen molar-refractivity contribution < 1.29 is 0 Å². The van der Waals surface area contributed by atoms with Crippen molar-refractivity contribution in [2.24, 2.45) is 23.7 Å². The van der Waals surface area contributed by atoms with E-state index in [2.05, 4.69) is 156 Å². The molecule has 5 aliphatic carbocycles. The molecule has 0 amide bonds. The highest BCUT2D eigenvalue weighted by Gasteiger charge is 2.60. The van der Waals surface area contributed by atoms with E-state index in [9.17, 15) is 0 Å². The summed E-state index contributed by atoms with van der Waals surface area (Å²) >= 11 is 4.37. The molecule has 11 rings (SSSR count). The van der Waals surface area contributed by atoms with Crippen LogP contribution in [0.3, 0.4) is 0 Å². The molecule has 3 aliphatic heterocycles. The monoisotopic (exact) mass is 713 g/mol. The Bertz CT molecular complexity index is 2130. The van der Waals surface area contributed by atoms with Gasteiger partial charge in [0, 0.05) is 49.8 Å². The first kappa shape index (κ1) is 31.8. The summed E-state index contributed by atoms with van der Waals surface area (Å²) < 4.78 is 0. The van der Waals surface area contributed by atoms with Crippen LogP contribution in [0.25, 0.3) is 11.1 Å². The van der Waals surface area contributed by atoms with E-state index in [-0.39, 0.29) is 5.41 Å². The molecule has 1 spiro atoms. The fraction of sp³-hybridized carbons (Fsp3) is 0.347. The van der Waals surface area contributed by atoms with Gasteiger partial charge in [-0.25, -0.2) is 0 Å². The second kappa shape index (κ2) is 12.7. The van der Waals surface area contributed by atoms with E-state index in [1.165, 1.54) is 65.9 Å². The standard InChI is InChI=1S/C49H47NS2/c1-3-15-32(16-4-1)33-29-30-40-46(31-33)51-44-27-11-8-22-38(44)49(40)39-23-9-12-28-45(39)52-48-36(21-13-24-41(48)49)35-20-14-26-43-47(35)37-19-7-10-25-42(37)50(43)34-17-5-2-6-18-34/h1-5,7-8,11,13-17,19-20,22-24,26-27,29-31,36-37,41-43,45,47-48H,6,9-10,12,18,21,25,28H2. The van der Waals surface area contributed by atoms with Gasteiger partial charge in [-0.2, -0.15) is 0 Å². The Morgan fingerprint density at radius 3 is 2.56 bits per heavy atom. The van der Waals surface area contributed by atoms with Crippen LogP contribution in [-0.2, 0) is 5.41 Å². The maximum Gasteiger partial charge on any atom is 0.0548 e. The average molecular weight is 714 g/mol. The smallest absolute Gasteiger partial charge is 0.0548 e. The average Bonchev–Trinajstić information content (AvgIpc) is 3.56. The zero-order chi connectivity index (χ0) is 34.2. The maximum atomic E-state index is 2.90. The van der Waals surface area contributed by atoms with E-state index in [0.29, 0.717) is 46.3 Å². The highest BCUT2D eigenvalue weighted by atomic mass is 32.2. The quantitative estimate of drug-likeness (QED) is 0.249. The minimum Gasteiger partial charge on any atom is -0.364 e. The molecule has 3 aromatic carbocycles. The molecule has 52 heavy (non-hydrogen) atoms. The van der Waals surface area contributed by atoms with Gasteiger partial charge >= 0.3 is 0 Å². The number of nitrogens with zero attached hydrogens (tertiary/aromatic N) is 1. The van der Waals surface area contributed by atoms with Gasteiger partial charge in [0.15, 0.2) is 0 Å². The number of rotatable bonds is 3. The van der Waals surface area contributed by atoms with Gasteiger partial charge in [-0.15, -0.1) is 11.8 Å². The van der Waals surface area contributed by atoms with Crippen molar-refractivity contribution in [2.45, 2.75) is 89.2 Å². The Balaban J connectivity index is 1.06. The minimum atomic E-state index is -0.152. The van der Waals surface area contributed by atoms with Crippen molar-refractivity contribution >= 4 is 23.5 Å². The first-order valence-corrected chi connectivity index (χ1v) is 21.8. The molecular weight excluding hydrogens is 667 g/mol. The van der Waals surface area contributed by atoms with E-state index >= 15 is 0 Å². The molecule has 8 aliphatic rings. The van der Waals surface area contributed by atoms with Crippen LogP contribution in [0.1, 0.15) is 62.5 Å². The third kappa shape index (κ3) is 4.70. The van der Waals surface area contributed by atoms with Crippen molar-refractivity contribution in [1.29, 1.82) is 0 Å². The van der Waals surface area contributed by atoms with E-state index < -0.39 is 0 Å². The maximum absolute atomic E-state index is 2.90. The van der Waals surface area contributed by atoms with Crippen LogP contribution in [0, 0.1) is 23.7 Å². The molecule has 9 atom stereocenters. The molecule has 260 valence electrons. The van der Waals surface area contributed by atoms with Gasteiger partial charge in [0.25, 0.3) is 0 Å². The van der Waals surface area contributed by atoms with E-state index in [4.69, 9.17) is 0 Å². The molecular formula is C49H47NS2. The second-order valence-electron chi connectivity index (χ2n) is 16.2. The van der Waals surface area contributed by atoms with Gasteiger partial charge in [0.2, 0.25) is 0 Å². The van der Waals surface area contributed by atoms with Gasteiger partial charge in [0.1, 0.15) is 0 Å². The Hall–Kier alpha value is -3.66. The number of fused-ring (bicyclic) bond motifs is 11. The van der Waals surface area contributed by atoms with E-state index in [1.54, 1.807) is 28.0 Å². The summed E-state index contributed by atoms with van der Waals surface area (Å²) in [4.78, 5) is 5.79. The van der Waals surface area contributed by atoms with Gasteiger partial charge in [-0.3, -0.25) is 0 Å². The molecule has 0 bridgehead atoms. The predicted molar refractivity (Wildman–Crippen MR) is 220 cm³/mol. The number of thioether (sulfide) groups is 1. The third-order valence-corrected chi connectivity index (χ3v) is 16.7. The minimum absolute atomic E-state index is 0.152. The first-order valence-electron chi connectivity index (χ1n) is 20.0. The number of allylic oxidation sites excluding steroid dienone is 10. The lowest BCUT2D eigenvalue weighted by molar-refractivity contribution is 0.240. The van der Waals surface area contributed by atoms with Gasteiger partial charge in [0.05, 0.1) is 11.5 Å². The molecule has 2 saturated heterocycles. The zero-order valence-corrected chi connectivity index (χ0v) is 31.5. The molecule has 0 radical (unpaired) electrons. The molecule has 0 aromatic heterocycles. The van der Waals surface area contributed by atoms with Crippen LogP contribution in [-0.4, -0.2) is 27.5 Å². The van der Waals surface area contributed by atoms with Crippen LogP contribution < -0.4 is 0 Å². The van der Waals surface area contributed by atoms with E-state index in [0.717, 1.165) is 6.42 Å². The first-order chi connectivity index (χ1) is 25.8. The molecule has 3 heterocycles. The van der Waals surface area contributed by atoms with Crippen molar-refractivity contribution in [3.05, 3.63) is 168 Å². The van der Waals surface area contributed by atoms with Crippen LogP contribution >= 0.6 is 23.5 Å². The highest BCUT2D eigenvalue weighted by molar-refractivity contribution is 8.00. The molecule has 0 saturated carbocycles. The Morgan fingerprint density at radius 2 is 1.63 bits per heavy atom. The highest BCUT2D eigenvalue weighted by Crippen LogP contribution is 2.67. The third-order valence-electron chi connectivity index (χ3n) is 13.8. The zero-order valence-electron chi connectivity index (χ0n) is 29.8. The molecule has 3 heteroatoms. The lowest BCUT2D eigenvalue weighted by atomic mass is 9.55. The van der Waals surface area contributed by atoms with E-state index in [1.807, 2.05) is 11.8 Å². The molecule has 2 fully saturated rings. The number of benzene rings is 3. The largest absolute Gasteiger partial charge is 0.364 e. The van der Waals surface area contributed by atoms with Crippen LogP contribution in [0.2, 0.25) is 0 Å². The fourth-order valence-corrected chi connectivity index (χ4v) is 15.1. The number of hydrogen-bond donors (Lipinski definition) is 0. The Kier molecular flexibility index (Phi) is 7.80. The normalized spacial score (nSPS) is 35.0. The Labute approximate surface area is 318 Å². The summed E-state index contributed by atoms with van der Waals surface area (Å²) in [5, 5.41) is 1.08. The summed E-state index contributed by atoms with van der Waals surface area (Å²) in [5.74, 6) is 2.06. The van der Waals surface area contributed by atoms with Gasteiger partial charge in [-0.05, 0) is 103 Å². The van der Waals surface area contributed by atoms with Crippen LogP contribution in [0.15, 0.2) is 166 Å². The lowest BCUT2D eigenvalue weighted by Gasteiger charge is -2.58. The van der Waals surface area contributed by atoms with Crippen molar-refractivity contribution in [3.8, 4) is 11.1 Å². The lowest BCUT2D eigenvalue weighted by Crippen LogP contribution is -2.54. The fourth-order valence-electron chi connectivity index (χ4n) is 11.9. The topological polar surface area (TPSA) is 3.24 Å². The molecule has 9 unspecified atom stereocenters. The van der Waals surface area contributed by atoms with Crippen molar-refractivity contribution in [3.63, 3.8) is 0 Å². The van der Waals surface area contributed by atoms with Crippen molar-refractivity contribution in [2.75, 3.05) is 0 Å². The predicted octanol–water partition coefficient (Wildman–Crippen LogP) is 12.3. The summed E-state index contributed by atoms with van der Waals surface area (Å²) in [6.07, 6.45) is 37.7. The van der Waals surface area contributed by atoms with Crippen molar-refractivity contribution in [1.82, 2.24) is 4.90 Å². The molecule has 0 N–H and O–H groups in total. The second-order valence-corrected chi connectivity index (χ2v) is 18.7. The summed E-state index contributed by atoms with van der Waals surface area (Å²) in [5.41, 5.74) is 10.6. The summed E-state index contributed by atoms with van der Waals surface area (Å²) in [6, 6.07) is 29.1. The van der Waals surface area contributed by atoms with Crippen LogP contribution in [0.4, 0.5) is 0 Å².